The highest BCUT2D eigenvalue weighted by atomic mass is 32.2. The second kappa shape index (κ2) is 9.60. The second-order valence-electron chi connectivity index (χ2n) is 6.14. The van der Waals surface area contributed by atoms with Gasteiger partial charge >= 0.3 is 0 Å². The van der Waals surface area contributed by atoms with Gasteiger partial charge in [0.25, 0.3) is 0 Å². The van der Waals surface area contributed by atoms with Gasteiger partial charge in [-0.3, -0.25) is 0 Å². The maximum Gasteiger partial charge on any atom is 0.177 e. The number of hydrogen-bond acceptors (Lipinski definition) is 10. The average molecular weight is 428 g/mol. The van der Waals surface area contributed by atoms with E-state index in [9.17, 15) is 5.26 Å². The first-order valence-electron chi connectivity index (χ1n) is 8.38. The molecular formula is C19H17N5O3S2. The summed E-state index contributed by atoms with van der Waals surface area (Å²) in [5.74, 6) is 0. The molecular weight excluding hydrogens is 410 g/mol. The summed E-state index contributed by atoms with van der Waals surface area (Å²) in [4.78, 5) is 2.69. The van der Waals surface area contributed by atoms with E-state index in [1.165, 1.54) is 0 Å². The Bertz CT molecular complexity index is 1080. The van der Waals surface area contributed by atoms with Crippen LogP contribution in [0.3, 0.4) is 0 Å². The van der Waals surface area contributed by atoms with Crippen LogP contribution in [-0.2, 0) is 9.37 Å². The molecule has 0 saturated carbocycles. The van der Waals surface area contributed by atoms with E-state index >= 15 is 0 Å². The summed E-state index contributed by atoms with van der Waals surface area (Å²) in [6, 6.07) is 15.2. The van der Waals surface area contributed by atoms with E-state index in [0.717, 1.165) is 46.1 Å². The lowest BCUT2D eigenvalue weighted by Crippen LogP contribution is -2.08. The van der Waals surface area contributed by atoms with Gasteiger partial charge in [-0.05, 0) is 54.4 Å². The molecule has 0 unspecified atom stereocenters. The van der Waals surface area contributed by atoms with Crippen LogP contribution in [0.4, 0.5) is 16.4 Å². The van der Waals surface area contributed by atoms with Gasteiger partial charge in [0.2, 0.25) is 0 Å². The smallest absolute Gasteiger partial charge is 0.177 e. The number of aryl methyl sites for hydroxylation is 1. The lowest BCUT2D eigenvalue weighted by atomic mass is 10.1. The Morgan fingerprint density at radius 2 is 2.03 bits per heavy atom. The third-order valence-electron chi connectivity index (χ3n) is 4.00. The average Bonchev–Trinajstić information content (AvgIpc) is 3.14. The van der Waals surface area contributed by atoms with Gasteiger partial charge in [0.1, 0.15) is 17.3 Å². The van der Waals surface area contributed by atoms with E-state index < -0.39 is 0 Å². The van der Waals surface area contributed by atoms with Gasteiger partial charge in [-0.15, -0.1) is 14.6 Å². The predicted molar refractivity (Wildman–Crippen MR) is 113 cm³/mol. The van der Waals surface area contributed by atoms with Crippen LogP contribution in [0.5, 0.6) is 0 Å². The normalized spacial score (nSPS) is 11.0. The fourth-order valence-electron chi connectivity index (χ4n) is 2.53. The van der Waals surface area contributed by atoms with Crippen LogP contribution < -0.4 is 4.90 Å². The molecule has 0 aliphatic heterocycles. The summed E-state index contributed by atoms with van der Waals surface area (Å²) in [7, 11) is 3.95. The molecule has 29 heavy (non-hydrogen) atoms. The maximum absolute atomic E-state index is 9.64. The van der Waals surface area contributed by atoms with Crippen LogP contribution in [0, 0.1) is 18.3 Å². The van der Waals surface area contributed by atoms with Gasteiger partial charge in [0.05, 0.1) is 17.7 Å². The summed E-state index contributed by atoms with van der Waals surface area (Å²) in [6.07, 6.45) is 0. The number of rotatable bonds is 7. The first-order valence-corrected chi connectivity index (χ1v) is 9.89. The molecule has 0 saturated heterocycles. The van der Waals surface area contributed by atoms with Crippen molar-refractivity contribution in [1.29, 1.82) is 5.26 Å². The van der Waals surface area contributed by atoms with Crippen molar-refractivity contribution in [3.05, 3.63) is 53.6 Å². The van der Waals surface area contributed by atoms with Gasteiger partial charge in [-0.25, -0.2) is 5.26 Å². The first-order chi connectivity index (χ1) is 14.0. The highest BCUT2D eigenvalue weighted by Gasteiger charge is 2.16. The quantitative estimate of drug-likeness (QED) is 0.217. The summed E-state index contributed by atoms with van der Waals surface area (Å²) < 4.78 is 8.83. The zero-order valence-electron chi connectivity index (χ0n) is 15.9. The Morgan fingerprint density at radius 1 is 1.21 bits per heavy atom. The number of nitriles is 1. The molecule has 0 aliphatic rings. The van der Waals surface area contributed by atoms with Crippen molar-refractivity contribution in [2.24, 2.45) is 10.2 Å². The lowest BCUT2D eigenvalue weighted by molar-refractivity contribution is -0.432. The van der Waals surface area contributed by atoms with E-state index in [1.54, 1.807) is 18.2 Å². The number of benzene rings is 2. The Hall–Kier alpha value is -2.81. The molecule has 10 heteroatoms. The molecule has 0 spiro atoms. The Kier molecular flexibility index (Phi) is 6.92. The molecule has 148 valence electrons. The van der Waals surface area contributed by atoms with Crippen LogP contribution in [-0.4, -0.2) is 23.7 Å². The van der Waals surface area contributed by atoms with Crippen LogP contribution in [0.1, 0.15) is 11.1 Å². The monoisotopic (exact) mass is 427 g/mol. The molecule has 3 rings (SSSR count). The molecule has 0 fully saturated rings. The SMILES string of the molecule is Cc1cc(N(C)C)ccc1N=Nc1snc(-c2cccc(SOOO)c2)c1C#N. The number of aromatic nitrogens is 1. The van der Waals surface area contributed by atoms with E-state index in [1.807, 2.05) is 50.2 Å². The molecule has 8 nitrogen and oxygen atoms in total. The second-order valence-corrected chi connectivity index (χ2v) is 7.67. The molecule has 0 bridgehead atoms. The highest BCUT2D eigenvalue weighted by Crippen LogP contribution is 2.36. The van der Waals surface area contributed by atoms with E-state index in [2.05, 4.69) is 30.0 Å². The topological polar surface area (TPSA) is 103 Å². The highest BCUT2D eigenvalue weighted by molar-refractivity contribution is 7.94. The largest absolute Gasteiger partial charge is 0.378 e. The molecule has 3 aromatic rings. The van der Waals surface area contributed by atoms with Crippen LogP contribution in [0.15, 0.2) is 57.6 Å². The van der Waals surface area contributed by atoms with Crippen molar-refractivity contribution in [3.63, 3.8) is 0 Å². The Balaban J connectivity index is 1.89. The maximum atomic E-state index is 9.64. The van der Waals surface area contributed by atoms with Crippen molar-refractivity contribution in [2.75, 3.05) is 19.0 Å². The van der Waals surface area contributed by atoms with Crippen LogP contribution in [0.2, 0.25) is 0 Å². The van der Waals surface area contributed by atoms with Crippen molar-refractivity contribution in [3.8, 4) is 17.3 Å². The van der Waals surface area contributed by atoms with Crippen molar-refractivity contribution in [1.82, 2.24) is 4.37 Å². The zero-order valence-corrected chi connectivity index (χ0v) is 17.5. The predicted octanol–water partition coefficient (Wildman–Crippen LogP) is 5.90. The molecule has 0 amide bonds. The fourth-order valence-corrected chi connectivity index (χ4v) is 3.63. The molecule has 1 N–H and O–H groups in total. The van der Waals surface area contributed by atoms with Crippen molar-refractivity contribution >= 4 is 40.0 Å². The minimum Gasteiger partial charge on any atom is -0.378 e. The molecule has 0 aliphatic carbocycles. The molecule has 1 aromatic heterocycles. The van der Waals surface area contributed by atoms with E-state index in [0.29, 0.717) is 21.2 Å². The zero-order chi connectivity index (χ0) is 20.8. The van der Waals surface area contributed by atoms with E-state index in [4.69, 9.17) is 5.26 Å². The van der Waals surface area contributed by atoms with Gasteiger partial charge in [-0.1, -0.05) is 17.2 Å². The number of nitrogens with zero attached hydrogens (tertiary/aromatic N) is 5. The van der Waals surface area contributed by atoms with Crippen molar-refractivity contribution in [2.45, 2.75) is 11.8 Å². The molecule has 0 radical (unpaired) electrons. The Labute approximate surface area is 176 Å². The van der Waals surface area contributed by atoms with Gasteiger partial charge in [-0.2, -0.15) is 9.64 Å². The van der Waals surface area contributed by atoms with Gasteiger partial charge < -0.3 is 4.90 Å². The minimum atomic E-state index is 0.350. The number of azo groups is 1. The number of anilines is 1. The van der Waals surface area contributed by atoms with Crippen molar-refractivity contribution < 1.29 is 14.6 Å². The van der Waals surface area contributed by atoms with Crippen LogP contribution in [0.25, 0.3) is 11.3 Å². The summed E-state index contributed by atoms with van der Waals surface area (Å²) in [5, 5.41) is 30.5. The van der Waals surface area contributed by atoms with Gasteiger partial charge in [0.15, 0.2) is 5.00 Å². The number of hydrogen-bond donors (Lipinski definition) is 1. The summed E-state index contributed by atoms with van der Waals surface area (Å²) in [6.45, 7) is 1.96. The molecule has 1 heterocycles. The molecule has 0 atom stereocenters. The fraction of sp³-hybridized carbons (Fsp3) is 0.158. The Morgan fingerprint density at radius 3 is 2.72 bits per heavy atom. The third kappa shape index (κ3) is 4.97. The first kappa shape index (κ1) is 20.9. The minimum absolute atomic E-state index is 0.350. The lowest BCUT2D eigenvalue weighted by Gasteiger charge is -2.13. The summed E-state index contributed by atoms with van der Waals surface area (Å²) >= 11 is 1.95. The van der Waals surface area contributed by atoms with Gasteiger partial charge in [0, 0.05) is 30.2 Å². The third-order valence-corrected chi connectivity index (χ3v) is 5.31. The van der Waals surface area contributed by atoms with E-state index in [-0.39, 0.29) is 0 Å². The standard InChI is InChI=1S/C19H17N5O3S2/c1-12-9-14(24(2)3)7-8-17(12)21-22-19-16(11-20)18(23-28-19)13-5-4-6-15(10-13)29-27-26-25/h4-10,25H,1-3H3. The van der Waals surface area contributed by atoms with Crippen LogP contribution >= 0.6 is 23.6 Å². The summed E-state index contributed by atoms with van der Waals surface area (Å²) in [5.41, 5.74) is 4.37. The molecule has 2 aromatic carbocycles.